The van der Waals surface area contributed by atoms with E-state index in [1.807, 2.05) is 0 Å². The summed E-state index contributed by atoms with van der Waals surface area (Å²) in [4.78, 5) is 29.3. The molecule has 0 bridgehead atoms. The van der Waals surface area contributed by atoms with Crippen LogP contribution in [0.15, 0.2) is 24.7 Å². The van der Waals surface area contributed by atoms with Crippen molar-refractivity contribution in [2.45, 2.75) is 69.4 Å². The van der Waals surface area contributed by atoms with Crippen LogP contribution in [0.4, 0.5) is 26.3 Å². The van der Waals surface area contributed by atoms with Crippen molar-refractivity contribution in [3.63, 3.8) is 0 Å². The van der Waals surface area contributed by atoms with Crippen LogP contribution in [-0.2, 0) is 11.3 Å². The number of aliphatic hydroxyl groups is 1. The van der Waals surface area contributed by atoms with Crippen molar-refractivity contribution >= 4 is 17.5 Å². The molecule has 1 aliphatic rings. The van der Waals surface area contributed by atoms with Crippen LogP contribution in [0.25, 0.3) is 5.65 Å². The highest BCUT2D eigenvalue weighted by Crippen LogP contribution is 2.41. The summed E-state index contributed by atoms with van der Waals surface area (Å²) in [7, 11) is 0. The molecule has 3 heterocycles. The van der Waals surface area contributed by atoms with E-state index < -0.39 is 61.6 Å². The van der Waals surface area contributed by atoms with Crippen LogP contribution in [0.2, 0.25) is 0 Å². The topological polar surface area (TPSA) is 139 Å². The van der Waals surface area contributed by atoms with Crippen LogP contribution in [0.5, 0.6) is 0 Å². The van der Waals surface area contributed by atoms with Gasteiger partial charge in [-0.25, -0.2) is 27.4 Å². The van der Waals surface area contributed by atoms with E-state index in [4.69, 9.17) is 0 Å². The highest BCUT2D eigenvalue weighted by molar-refractivity contribution is 5.92. The maximum Gasteiger partial charge on any atom is 0.389 e. The molecule has 2 atom stereocenters. The molecule has 1 fully saturated rings. The van der Waals surface area contributed by atoms with Gasteiger partial charge in [-0.05, 0) is 24.8 Å². The molecule has 0 saturated heterocycles. The van der Waals surface area contributed by atoms with Gasteiger partial charge in [0.25, 0.3) is 5.91 Å². The van der Waals surface area contributed by atoms with Crippen molar-refractivity contribution < 1.29 is 41.0 Å². The highest BCUT2D eigenvalue weighted by atomic mass is 19.4. The predicted molar refractivity (Wildman–Crippen MR) is 124 cm³/mol. The molecule has 1 saturated carbocycles. The van der Waals surface area contributed by atoms with Crippen molar-refractivity contribution in [1.29, 1.82) is 0 Å². The molecule has 3 aromatic rings. The number of hydrogen-bond acceptors (Lipinski definition) is 7. The van der Waals surface area contributed by atoms with Crippen LogP contribution < -0.4 is 10.6 Å². The number of nitrogens with one attached hydrogen (secondary N) is 2. The third-order valence-electron chi connectivity index (χ3n) is 6.59. The van der Waals surface area contributed by atoms with E-state index >= 15 is 0 Å². The van der Waals surface area contributed by atoms with Gasteiger partial charge in [0.2, 0.25) is 11.8 Å². The third kappa shape index (κ3) is 7.25. The first-order valence-electron chi connectivity index (χ1n) is 12.4. The lowest BCUT2D eigenvalue weighted by molar-refractivity contribution is -0.145. The first kappa shape index (κ1) is 29.2. The summed E-state index contributed by atoms with van der Waals surface area (Å²) >= 11 is 0. The summed E-state index contributed by atoms with van der Waals surface area (Å²) in [6, 6.07) is 0.480. The SMILES string of the molecule is O=C(CCC(F)(F)F)N[C@H](O)c1cnn2cc([C@@H](NC(=O)c3cnnn3CCF)C3CCC(F)(F)CC3)nc2c1. The average molecular weight is 577 g/mol. The van der Waals surface area contributed by atoms with E-state index in [2.05, 4.69) is 31.0 Å². The normalized spacial score (nSPS) is 17.5. The number of carbonyl (C=O) groups excluding carboxylic acids is 2. The quantitative estimate of drug-likeness (QED) is 0.249. The number of aromatic nitrogens is 6. The van der Waals surface area contributed by atoms with E-state index in [-0.39, 0.29) is 54.8 Å². The van der Waals surface area contributed by atoms with Crippen LogP contribution in [0.1, 0.15) is 72.5 Å². The van der Waals surface area contributed by atoms with E-state index in [0.717, 1.165) is 10.9 Å². The first-order chi connectivity index (χ1) is 18.8. The molecule has 17 heteroatoms. The Kier molecular flexibility index (Phi) is 8.60. The van der Waals surface area contributed by atoms with Crippen LogP contribution in [0.3, 0.4) is 0 Å². The number of rotatable bonds is 10. The third-order valence-corrected chi connectivity index (χ3v) is 6.59. The second-order valence-electron chi connectivity index (χ2n) is 9.52. The van der Waals surface area contributed by atoms with Crippen LogP contribution >= 0.6 is 0 Å². The highest BCUT2D eigenvalue weighted by Gasteiger charge is 2.39. The van der Waals surface area contributed by atoms with Gasteiger partial charge in [0, 0.05) is 24.8 Å². The Labute approximate surface area is 222 Å². The molecule has 0 aromatic carbocycles. The largest absolute Gasteiger partial charge is 0.389 e. The number of aliphatic hydroxyl groups excluding tert-OH is 1. The van der Waals surface area contributed by atoms with Gasteiger partial charge in [-0.3, -0.25) is 9.59 Å². The first-order valence-corrected chi connectivity index (χ1v) is 12.4. The van der Waals surface area contributed by atoms with Gasteiger partial charge in [-0.2, -0.15) is 18.3 Å². The standard InChI is InChI=1S/C23H26F6N8O3/c24-7-8-36-16(11-30-35-36)21(40)34-19(13-1-4-22(25,26)5-2-13)15-12-37-17(32-15)9-14(10-31-37)20(39)33-18(38)3-6-23(27,28)29/h9-13,19-20,39H,1-8H2,(H,33,38)(H,34,40)/t19-,20+/m0/s1. The number of fused-ring (bicyclic) bond motifs is 1. The van der Waals surface area contributed by atoms with E-state index in [1.54, 1.807) is 0 Å². The van der Waals surface area contributed by atoms with Crippen molar-refractivity contribution in [1.82, 2.24) is 40.2 Å². The summed E-state index contributed by atoms with van der Waals surface area (Å²) in [5, 5.41) is 26.5. The van der Waals surface area contributed by atoms with Crippen molar-refractivity contribution in [3.05, 3.63) is 41.6 Å². The number of nitrogens with zero attached hydrogens (tertiary/aromatic N) is 6. The Morgan fingerprint density at radius 3 is 2.58 bits per heavy atom. The van der Waals surface area contributed by atoms with E-state index in [9.17, 15) is 41.0 Å². The second kappa shape index (κ2) is 11.8. The molecule has 3 aromatic heterocycles. The van der Waals surface area contributed by atoms with Gasteiger partial charge < -0.3 is 15.7 Å². The molecule has 218 valence electrons. The van der Waals surface area contributed by atoms with Gasteiger partial charge in [0.15, 0.2) is 11.9 Å². The number of hydrogen-bond donors (Lipinski definition) is 3. The van der Waals surface area contributed by atoms with Crippen molar-refractivity contribution in [2.24, 2.45) is 5.92 Å². The molecular formula is C23H26F6N8O3. The summed E-state index contributed by atoms with van der Waals surface area (Å²) < 4.78 is 80.0. The zero-order chi connectivity index (χ0) is 29.1. The number of halogens is 6. The van der Waals surface area contributed by atoms with Gasteiger partial charge in [0.1, 0.15) is 12.4 Å². The zero-order valence-corrected chi connectivity index (χ0v) is 20.9. The predicted octanol–water partition coefficient (Wildman–Crippen LogP) is 3.04. The zero-order valence-electron chi connectivity index (χ0n) is 20.9. The lowest BCUT2D eigenvalue weighted by atomic mass is 9.81. The number of carbonyl (C=O) groups is 2. The van der Waals surface area contributed by atoms with E-state index in [0.29, 0.717) is 0 Å². The molecule has 4 rings (SSSR count). The maximum atomic E-state index is 13.9. The summed E-state index contributed by atoms with van der Waals surface area (Å²) in [5.41, 5.74) is 0.420. The fraction of sp³-hybridized carbons (Fsp3) is 0.565. The molecule has 2 amide bonds. The minimum Gasteiger partial charge on any atom is -0.369 e. The Hall–Kier alpha value is -3.76. The van der Waals surface area contributed by atoms with Gasteiger partial charge in [0.05, 0.1) is 43.3 Å². The minimum atomic E-state index is -4.53. The maximum absolute atomic E-state index is 13.9. The average Bonchev–Trinajstić information content (AvgIpc) is 3.52. The fourth-order valence-corrected chi connectivity index (χ4v) is 4.50. The minimum absolute atomic E-state index is 0.0302. The monoisotopic (exact) mass is 576 g/mol. The summed E-state index contributed by atoms with van der Waals surface area (Å²) in [6.45, 7) is -1.00. The molecule has 0 unspecified atom stereocenters. The molecule has 11 nitrogen and oxygen atoms in total. The molecule has 0 spiro atoms. The molecular weight excluding hydrogens is 550 g/mol. The molecule has 40 heavy (non-hydrogen) atoms. The Bertz CT molecular complexity index is 1330. The van der Waals surface area contributed by atoms with Crippen LogP contribution in [-0.4, -0.2) is 65.3 Å². The van der Waals surface area contributed by atoms with Crippen molar-refractivity contribution in [3.8, 4) is 0 Å². The molecule has 0 aliphatic heterocycles. The molecule has 0 radical (unpaired) electrons. The van der Waals surface area contributed by atoms with Gasteiger partial charge in [-0.15, -0.1) is 5.10 Å². The number of imidazole rings is 1. The number of aryl methyl sites for hydroxylation is 1. The second-order valence-corrected chi connectivity index (χ2v) is 9.52. The van der Waals surface area contributed by atoms with E-state index in [1.165, 1.54) is 23.0 Å². The summed E-state index contributed by atoms with van der Waals surface area (Å²) in [5.74, 6) is -4.95. The Morgan fingerprint density at radius 1 is 1.18 bits per heavy atom. The molecule has 1 aliphatic carbocycles. The fourth-order valence-electron chi connectivity index (χ4n) is 4.50. The van der Waals surface area contributed by atoms with Crippen LogP contribution in [0, 0.1) is 5.92 Å². The summed E-state index contributed by atoms with van der Waals surface area (Å²) in [6.07, 6.45) is -5.25. The van der Waals surface area contributed by atoms with Gasteiger partial charge >= 0.3 is 6.18 Å². The van der Waals surface area contributed by atoms with Crippen molar-refractivity contribution in [2.75, 3.05) is 6.67 Å². The lowest BCUT2D eigenvalue weighted by Crippen LogP contribution is -2.38. The Balaban J connectivity index is 1.56. The number of alkyl halides is 6. The Morgan fingerprint density at radius 2 is 1.90 bits per heavy atom. The lowest BCUT2D eigenvalue weighted by Gasteiger charge is -2.33. The van der Waals surface area contributed by atoms with Gasteiger partial charge in [-0.1, -0.05) is 5.21 Å². The smallest absolute Gasteiger partial charge is 0.369 e. The number of amides is 2. The molecule has 3 N–H and O–H groups in total.